The first-order valence-corrected chi connectivity index (χ1v) is 8.67. The van der Waals surface area contributed by atoms with E-state index in [1.54, 1.807) is 0 Å². The van der Waals surface area contributed by atoms with E-state index in [4.69, 9.17) is 9.47 Å². The molecule has 25 heavy (non-hydrogen) atoms. The van der Waals surface area contributed by atoms with Crippen LogP contribution in [0.3, 0.4) is 0 Å². The number of amides is 1. The number of carbonyl (C=O) groups excluding carboxylic acids is 3. The average Bonchev–Trinajstić information content (AvgIpc) is 3.13. The molecule has 1 amide bonds. The lowest BCUT2D eigenvalue weighted by Crippen LogP contribution is -2.34. The van der Waals surface area contributed by atoms with Crippen molar-refractivity contribution >= 4 is 23.5 Å². The van der Waals surface area contributed by atoms with Gasteiger partial charge in [-0.05, 0) is 55.9 Å². The number of anilines is 1. The Morgan fingerprint density at radius 2 is 1.92 bits per heavy atom. The van der Waals surface area contributed by atoms with Crippen LogP contribution in [0.4, 0.5) is 5.69 Å². The summed E-state index contributed by atoms with van der Waals surface area (Å²) < 4.78 is 10.5. The van der Waals surface area contributed by atoms with Gasteiger partial charge in [-0.15, -0.1) is 0 Å². The fourth-order valence-corrected chi connectivity index (χ4v) is 4.80. The van der Waals surface area contributed by atoms with Gasteiger partial charge in [0.25, 0.3) is 5.91 Å². The van der Waals surface area contributed by atoms with Crippen LogP contribution in [-0.4, -0.2) is 30.6 Å². The van der Waals surface area contributed by atoms with Gasteiger partial charge in [0.2, 0.25) is 0 Å². The summed E-state index contributed by atoms with van der Waals surface area (Å²) in [5.41, 5.74) is 2.77. The quantitative estimate of drug-likeness (QED) is 0.846. The normalized spacial score (nSPS) is 31.8. The van der Waals surface area contributed by atoms with Crippen LogP contribution >= 0.6 is 0 Å². The number of ether oxygens (including phenoxy) is 2. The molecule has 132 valence electrons. The van der Waals surface area contributed by atoms with Gasteiger partial charge in [0.05, 0.1) is 11.8 Å². The molecule has 1 aromatic rings. The van der Waals surface area contributed by atoms with Gasteiger partial charge in [0.15, 0.2) is 6.61 Å². The topological polar surface area (TPSA) is 81.7 Å². The van der Waals surface area contributed by atoms with Gasteiger partial charge < -0.3 is 14.8 Å². The maximum atomic E-state index is 12.4. The highest BCUT2D eigenvalue weighted by molar-refractivity contribution is 5.93. The molecule has 0 radical (unpaired) electrons. The molecule has 4 rings (SSSR count). The lowest BCUT2D eigenvalue weighted by atomic mass is 9.80. The molecular weight excluding hydrogens is 322 g/mol. The molecule has 1 aromatic carbocycles. The number of benzene rings is 1. The first-order chi connectivity index (χ1) is 11.9. The Labute approximate surface area is 145 Å². The molecule has 2 bridgehead atoms. The van der Waals surface area contributed by atoms with Crippen LogP contribution in [0, 0.1) is 37.5 Å². The molecular formula is C19H21NO5. The van der Waals surface area contributed by atoms with Crippen LogP contribution in [0.25, 0.3) is 0 Å². The van der Waals surface area contributed by atoms with E-state index in [0.29, 0.717) is 5.69 Å². The van der Waals surface area contributed by atoms with E-state index in [0.717, 1.165) is 24.0 Å². The van der Waals surface area contributed by atoms with Crippen LogP contribution in [-0.2, 0) is 23.9 Å². The van der Waals surface area contributed by atoms with Gasteiger partial charge in [-0.25, -0.2) is 0 Å². The van der Waals surface area contributed by atoms with Crippen LogP contribution in [0.2, 0.25) is 0 Å². The fraction of sp³-hybridized carbons (Fsp3) is 0.526. The number of hydrogen-bond acceptors (Lipinski definition) is 5. The first kappa shape index (κ1) is 16.1. The number of hydrogen-bond donors (Lipinski definition) is 1. The molecule has 6 nitrogen and oxygen atoms in total. The minimum Gasteiger partial charge on any atom is -0.462 e. The van der Waals surface area contributed by atoms with Crippen molar-refractivity contribution in [2.75, 3.05) is 11.9 Å². The summed E-state index contributed by atoms with van der Waals surface area (Å²) >= 11 is 0. The summed E-state index contributed by atoms with van der Waals surface area (Å²) in [6, 6.07) is 5.73. The summed E-state index contributed by atoms with van der Waals surface area (Å²) in [7, 11) is 0. The van der Waals surface area contributed by atoms with E-state index >= 15 is 0 Å². The molecule has 1 heterocycles. The second-order valence-electron chi connectivity index (χ2n) is 7.45. The molecule has 1 saturated heterocycles. The summed E-state index contributed by atoms with van der Waals surface area (Å²) in [6.45, 7) is 3.56. The van der Waals surface area contributed by atoms with E-state index in [1.165, 1.54) is 0 Å². The highest BCUT2D eigenvalue weighted by Gasteiger charge is 2.64. The molecule has 0 spiro atoms. The predicted molar refractivity (Wildman–Crippen MR) is 88.6 cm³/mol. The van der Waals surface area contributed by atoms with E-state index in [9.17, 15) is 14.4 Å². The Balaban J connectivity index is 1.34. The van der Waals surface area contributed by atoms with Crippen molar-refractivity contribution in [3.05, 3.63) is 29.3 Å². The van der Waals surface area contributed by atoms with E-state index < -0.39 is 11.9 Å². The molecule has 6 heteroatoms. The monoisotopic (exact) mass is 343 g/mol. The zero-order chi connectivity index (χ0) is 17.7. The minimum absolute atomic E-state index is 0.0144. The number of esters is 2. The van der Waals surface area contributed by atoms with Gasteiger partial charge in [0.1, 0.15) is 6.10 Å². The van der Waals surface area contributed by atoms with Crippen LogP contribution < -0.4 is 5.32 Å². The third-order valence-corrected chi connectivity index (χ3v) is 5.61. The van der Waals surface area contributed by atoms with Gasteiger partial charge in [-0.3, -0.25) is 14.4 Å². The second-order valence-corrected chi connectivity index (χ2v) is 7.45. The van der Waals surface area contributed by atoms with Gasteiger partial charge >= 0.3 is 11.9 Å². The fourth-order valence-electron chi connectivity index (χ4n) is 4.80. The molecule has 3 aliphatic rings. The largest absolute Gasteiger partial charge is 0.462 e. The molecule has 2 saturated carbocycles. The average molecular weight is 343 g/mol. The van der Waals surface area contributed by atoms with Crippen molar-refractivity contribution in [3.8, 4) is 0 Å². The maximum absolute atomic E-state index is 12.4. The Morgan fingerprint density at radius 1 is 1.20 bits per heavy atom. The Hall–Kier alpha value is -2.37. The molecule has 0 aromatic heterocycles. The Bertz CT molecular complexity index is 736. The van der Waals surface area contributed by atoms with E-state index in [2.05, 4.69) is 5.32 Å². The highest BCUT2D eigenvalue weighted by atomic mass is 16.6. The van der Waals surface area contributed by atoms with Crippen LogP contribution in [0.15, 0.2) is 18.2 Å². The number of aryl methyl sites for hydroxylation is 2. The molecule has 2 aliphatic carbocycles. The molecule has 3 fully saturated rings. The Kier molecular flexibility index (Phi) is 3.78. The molecule has 0 unspecified atom stereocenters. The predicted octanol–water partition coefficient (Wildman–Crippen LogP) is 1.98. The number of rotatable bonds is 4. The zero-order valence-electron chi connectivity index (χ0n) is 14.3. The first-order valence-electron chi connectivity index (χ1n) is 8.67. The summed E-state index contributed by atoms with van der Waals surface area (Å²) in [6.07, 6.45) is 1.57. The standard InChI is InChI=1S/C19H21NO5/c1-9-3-10(2)5-12(4-9)20-15(21)8-24-18(22)16-11-6-13-14(7-11)25-19(23)17(13)16/h3-5,11,13-14,16-17H,6-8H2,1-2H3,(H,20,21)/t11-,13-,14+,16-,17-/m0/s1. The van der Waals surface area contributed by atoms with Crippen molar-refractivity contribution in [2.45, 2.75) is 32.8 Å². The lowest BCUT2D eigenvalue weighted by Gasteiger charge is -2.22. The smallest absolute Gasteiger partial charge is 0.310 e. The van der Waals surface area contributed by atoms with Crippen molar-refractivity contribution in [3.63, 3.8) is 0 Å². The number of fused-ring (bicyclic) bond motifs is 1. The highest BCUT2D eigenvalue weighted by Crippen LogP contribution is 2.57. The Morgan fingerprint density at radius 3 is 2.64 bits per heavy atom. The zero-order valence-corrected chi connectivity index (χ0v) is 14.3. The number of nitrogens with one attached hydrogen (secondary N) is 1. The van der Waals surface area contributed by atoms with Crippen molar-refractivity contribution in [2.24, 2.45) is 23.7 Å². The molecule has 5 atom stereocenters. The van der Waals surface area contributed by atoms with Crippen molar-refractivity contribution in [1.29, 1.82) is 0 Å². The van der Waals surface area contributed by atoms with Gasteiger partial charge in [-0.2, -0.15) is 0 Å². The van der Waals surface area contributed by atoms with E-state index in [-0.39, 0.29) is 42.3 Å². The van der Waals surface area contributed by atoms with Gasteiger partial charge in [-0.1, -0.05) is 6.07 Å². The summed E-state index contributed by atoms with van der Waals surface area (Å²) in [4.78, 5) is 36.4. The van der Waals surface area contributed by atoms with Crippen LogP contribution in [0.5, 0.6) is 0 Å². The summed E-state index contributed by atoms with van der Waals surface area (Å²) in [5, 5.41) is 2.74. The second kappa shape index (κ2) is 5.86. The van der Waals surface area contributed by atoms with E-state index in [1.807, 2.05) is 32.0 Å². The van der Waals surface area contributed by atoms with Crippen LogP contribution in [0.1, 0.15) is 24.0 Å². The molecule has 1 N–H and O–H groups in total. The maximum Gasteiger partial charge on any atom is 0.310 e. The third kappa shape index (κ3) is 2.79. The van der Waals surface area contributed by atoms with Crippen molar-refractivity contribution < 1.29 is 23.9 Å². The SMILES string of the molecule is Cc1cc(C)cc(NC(=O)COC(=O)[C@H]2[C@H]3C[C@@H]4[C@@H]2C(=O)O[C@@H]4C3)c1. The minimum atomic E-state index is -0.453. The summed E-state index contributed by atoms with van der Waals surface area (Å²) in [5.74, 6) is -1.65. The number of carbonyl (C=O) groups is 3. The molecule has 1 aliphatic heterocycles. The van der Waals surface area contributed by atoms with Crippen molar-refractivity contribution in [1.82, 2.24) is 0 Å². The van der Waals surface area contributed by atoms with Gasteiger partial charge in [0, 0.05) is 11.6 Å². The lowest BCUT2D eigenvalue weighted by molar-refractivity contribution is -0.157. The third-order valence-electron chi connectivity index (χ3n) is 5.61.